The van der Waals surface area contributed by atoms with Gasteiger partial charge in [-0.2, -0.15) is 4.98 Å². The molecule has 3 aromatic rings. The van der Waals surface area contributed by atoms with Crippen molar-refractivity contribution in [3.63, 3.8) is 0 Å². The van der Waals surface area contributed by atoms with E-state index in [0.29, 0.717) is 35.2 Å². The van der Waals surface area contributed by atoms with Crippen molar-refractivity contribution < 1.29 is 9.32 Å². The van der Waals surface area contributed by atoms with Gasteiger partial charge in [0.2, 0.25) is 5.89 Å². The molecule has 0 saturated carbocycles. The number of amides is 1. The number of aromatic nitrogens is 3. The second-order valence-electron chi connectivity index (χ2n) is 7.22. The second-order valence-corrected chi connectivity index (χ2v) is 7.63. The summed E-state index contributed by atoms with van der Waals surface area (Å²) in [5.41, 5.74) is 1.08. The Morgan fingerprint density at radius 1 is 1.19 bits per heavy atom. The SMILES string of the molecule is CC(C)c1noc(C2CCN(C(=O)c3ccc4cccc(Cl)c4n3)CC2)n1. The van der Waals surface area contributed by atoms with Crippen molar-refractivity contribution in [1.82, 2.24) is 20.0 Å². The molecule has 4 rings (SSSR count). The standard InChI is InChI=1S/C20H21ClN4O2/c1-12(2)18-23-19(27-24-18)14-8-10-25(11-9-14)20(26)16-7-6-13-4-3-5-15(21)17(13)22-16/h3-7,12,14H,8-11H2,1-2H3. The van der Waals surface area contributed by atoms with Crippen LogP contribution in [0.4, 0.5) is 0 Å². The number of fused-ring (bicyclic) bond motifs is 1. The maximum absolute atomic E-state index is 12.9. The molecule has 1 fully saturated rings. The van der Waals surface area contributed by atoms with Crippen LogP contribution in [0.25, 0.3) is 10.9 Å². The molecule has 1 saturated heterocycles. The van der Waals surface area contributed by atoms with Gasteiger partial charge in [-0.25, -0.2) is 4.98 Å². The minimum Gasteiger partial charge on any atom is -0.339 e. The Labute approximate surface area is 162 Å². The average molecular weight is 385 g/mol. The molecule has 140 valence electrons. The van der Waals surface area contributed by atoms with Gasteiger partial charge in [0.05, 0.1) is 10.5 Å². The van der Waals surface area contributed by atoms with Crippen molar-refractivity contribution in [3.05, 3.63) is 52.8 Å². The second kappa shape index (κ2) is 7.27. The number of rotatable bonds is 3. The molecule has 7 heteroatoms. The van der Waals surface area contributed by atoms with Crippen LogP contribution in [-0.4, -0.2) is 39.0 Å². The zero-order valence-corrected chi connectivity index (χ0v) is 16.1. The maximum atomic E-state index is 12.9. The minimum absolute atomic E-state index is 0.0660. The highest BCUT2D eigenvalue weighted by molar-refractivity contribution is 6.35. The van der Waals surface area contributed by atoms with E-state index in [2.05, 4.69) is 15.1 Å². The van der Waals surface area contributed by atoms with Crippen molar-refractivity contribution in [1.29, 1.82) is 0 Å². The van der Waals surface area contributed by atoms with E-state index in [1.807, 2.05) is 36.9 Å². The van der Waals surface area contributed by atoms with Gasteiger partial charge in [0, 0.05) is 30.3 Å². The quantitative estimate of drug-likeness (QED) is 0.668. The third-order valence-corrected chi connectivity index (χ3v) is 5.30. The maximum Gasteiger partial charge on any atom is 0.272 e. The number of piperidine rings is 1. The first-order chi connectivity index (χ1) is 13.0. The Hall–Kier alpha value is -2.47. The Kier molecular flexibility index (Phi) is 4.83. The van der Waals surface area contributed by atoms with Gasteiger partial charge in [0.1, 0.15) is 5.69 Å². The number of halogens is 1. The summed E-state index contributed by atoms with van der Waals surface area (Å²) in [4.78, 5) is 23.7. The molecule has 0 radical (unpaired) electrons. The third-order valence-electron chi connectivity index (χ3n) is 5.00. The molecule has 0 unspecified atom stereocenters. The number of carbonyl (C=O) groups is 1. The van der Waals surface area contributed by atoms with E-state index in [1.54, 1.807) is 12.1 Å². The lowest BCUT2D eigenvalue weighted by atomic mass is 9.96. The van der Waals surface area contributed by atoms with Crippen molar-refractivity contribution in [2.45, 2.75) is 38.5 Å². The summed E-state index contributed by atoms with van der Waals surface area (Å²) in [7, 11) is 0. The Bertz CT molecular complexity index is 977. The smallest absolute Gasteiger partial charge is 0.272 e. The number of hydrogen-bond acceptors (Lipinski definition) is 5. The molecule has 1 aromatic carbocycles. The van der Waals surface area contributed by atoms with Crippen molar-refractivity contribution in [2.24, 2.45) is 0 Å². The third kappa shape index (κ3) is 3.54. The molecule has 2 aromatic heterocycles. The molecule has 1 amide bonds. The van der Waals surface area contributed by atoms with Gasteiger partial charge in [-0.3, -0.25) is 4.79 Å². The van der Waals surface area contributed by atoms with Crippen LogP contribution in [0.2, 0.25) is 5.02 Å². The number of likely N-dealkylation sites (tertiary alicyclic amines) is 1. The van der Waals surface area contributed by atoms with Crippen LogP contribution in [0.1, 0.15) is 60.7 Å². The summed E-state index contributed by atoms with van der Waals surface area (Å²) in [6.07, 6.45) is 1.61. The predicted octanol–water partition coefficient (Wildman–Crippen LogP) is 4.41. The van der Waals surface area contributed by atoms with Gasteiger partial charge in [-0.05, 0) is 25.0 Å². The monoisotopic (exact) mass is 384 g/mol. The molecule has 3 heterocycles. The van der Waals surface area contributed by atoms with Gasteiger partial charge < -0.3 is 9.42 Å². The largest absolute Gasteiger partial charge is 0.339 e. The van der Waals surface area contributed by atoms with Crippen LogP contribution in [0.5, 0.6) is 0 Å². The molecular formula is C20H21ClN4O2. The molecule has 0 aliphatic carbocycles. The topological polar surface area (TPSA) is 72.1 Å². The van der Waals surface area contributed by atoms with Crippen molar-refractivity contribution in [2.75, 3.05) is 13.1 Å². The fourth-order valence-corrected chi connectivity index (χ4v) is 3.59. The minimum atomic E-state index is -0.0660. The zero-order valence-electron chi connectivity index (χ0n) is 15.4. The number of pyridine rings is 1. The Morgan fingerprint density at radius 3 is 2.67 bits per heavy atom. The summed E-state index contributed by atoms with van der Waals surface area (Å²) < 4.78 is 5.42. The zero-order chi connectivity index (χ0) is 19.0. The lowest BCUT2D eigenvalue weighted by molar-refractivity contribution is 0.0699. The molecule has 1 aliphatic heterocycles. The number of carbonyl (C=O) groups excluding carboxylic acids is 1. The lowest BCUT2D eigenvalue weighted by Gasteiger charge is -2.30. The van der Waals surface area contributed by atoms with Crippen LogP contribution in [-0.2, 0) is 0 Å². The Morgan fingerprint density at radius 2 is 1.96 bits per heavy atom. The lowest BCUT2D eigenvalue weighted by Crippen LogP contribution is -2.38. The number of hydrogen-bond donors (Lipinski definition) is 0. The summed E-state index contributed by atoms with van der Waals surface area (Å²) in [5.74, 6) is 1.80. The molecule has 27 heavy (non-hydrogen) atoms. The van der Waals surface area contributed by atoms with Gasteiger partial charge in [-0.15, -0.1) is 0 Å². The predicted molar refractivity (Wildman–Crippen MR) is 103 cm³/mol. The highest BCUT2D eigenvalue weighted by atomic mass is 35.5. The summed E-state index contributed by atoms with van der Waals surface area (Å²) >= 11 is 6.22. The average Bonchev–Trinajstić information content (AvgIpc) is 3.18. The molecule has 0 N–H and O–H groups in total. The molecule has 1 aliphatic rings. The normalized spacial score (nSPS) is 15.6. The van der Waals surface area contributed by atoms with Crippen LogP contribution in [0, 0.1) is 0 Å². The van der Waals surface area contributed by atoms with E-state index in [1.165, 1.54) is 0 Å². The molecule has 0 bridgehead atoms. The van der Waals surface area contributed by atoms with Crippen LogP contribution < -0.4 is 0 Å². The number of benzene rings is 1. The van der Waals surface area contributed by atoms with Crippen LogP contribution in [0.15, 0.2) is 34.9 Å². The summed E-state index contributed by atoms with van der Waals surface area (Å²) in [6, 6.07) is 9.25. The Balaban J connectivity index is 1.46. The van der Waals surface area contributed by atoms with E-state index in [-0.39, 0.29) is 17.7 Å². The van der Waals surface area contributed by atoms with E-state index in [9.17, 15) is 4.79 Å². The van der Waals surface area contributed by atoms with Crippen LogP contribution in [0.3, 0.4) is 0 Å². The van der Waals surface area contributed by atoms with Gasteiger partial charge >= 0.3 is 0 Å². The van der Waals surface area contributed by atoms with Crippen molar-refractivity contribution >= 4 is 28.4 Å². The molecule has 6 nitrogen and oxygen atoms in total. The van der Waals surface area contributed by atoms with Crippen molar-refractivity contribution in [3.8, 4) is 0 Å². The highest BCUT2D eigenvalue weighted by Gasteiger charge is 2.28. The first-order valence-electron chi connectivity index (χ1n) is 9.21. The van der Waals surface area contributed by atoms with Gasteiger partial charge in [-0.1, -0.05) is 48.8 Å². The van der Waals surface area contributed by atoms with Gasteiger partial charge in [0.15, 0.2) is 5.82 Å². The summed E-state index contributed by atoms with van der Waals surface area (Å²) in [6.45, 7) is 5.37. The van der Waals surface area contributed by atoms with E-state index in [4.69, 9.17) is 16.1 Å². The van der Waals surface area contributed by atoms with Crippen LogP contribution >= 0.6 is 11.6 Å². The molecule has 0 spiro atoms. The van der Waals surface area contributed by atoms with E-state index in [0.717, 1.165) is 24.1 Å². The fourth-order valence-electron chi connectivity index (χ4n) is 3.37. The van der Waals surface area contributed by atoms with Gasteiger partial charge in [0.25, 0.3) is 5.91 Å². The number of nitrogens with zero attached hydrogens (tertiary/aromatic N) is 4. The first kappa shape index (κ1) is 17.9. The highest BCUT2D eigenvalue weighted by Crippen LogP contribution is 2.29. The fraction of sp³-hybridized carbons (Fsp3) is 0.400. The molecule has 0 atom stereocenters. The first-order valence-corrected chi connectivity index (χ1v) is 9.59. The summed E-state index contributed by atoms with van der Waals surface area (Å²) in [5, 5.41) is 5.52. The van der Waals surface area contributed by atoms with E-state index < -0.39 is 0 Å². The molecular weight excluding hydrogens is 364 g/mol. The van der Waals surface area contributed by atoms with E-state index >= 15 is 0 Å². The number of para-hydroxylation sites is 1.